The minimum absolute atomic E-state index is 0.0765. The number of nitrogens with one attached hydrogen (secondary N) is 3. The second kappa shape index (κ2) is 12.6. The van der Waals surface area contributed by atoms with Gasteiger partial charge in [0.2, 0.25) is 17.7 Å². The highest BCUT2D eigenvalue weighted by atomic mass is 19.4. The van der Waals surface area contributed by atoms with Crippen LogP contribution in [0.25, 0.3) is 0 Å². The van der Waals surface area contributed by atoms with Crippen molar-refractivity contribution in [1.29, 1.82) is 0 Å². The molecule has 0 aliphatic carbocycles. The van der Waals surface area contributed by atoms with E-state index in [1.165, 1.54) is 0 Å². The molecule has 3 unspecified atom stereocenters. The Bertz CT molecular complexity index is 768. The SMILES string of the molecule is O=C1NCCC1CC(NC(=O)C(CC1CCOCC1)NC(=O)[C@H]1CCCO1)C(=O)COC(F)(F)F. The molecule has 3 fully saturated rings. The van der Waals surface area contributed by atoms with Gasteiger partial charge >= 0.3 is 6.36 Å². The van der Waals surface area contributed by atoms with Gasteiger partial charge in [0.25, 0.3) is 0 Å². The summed E-state index contributed by atoms with van der Waals surface area (Å²) in [6, 6.07) is -2.40. The quantitative estimate of drug-likeness (QED) is 0.373. The Balaban J connectivity index is 1.70. The van der Waals surface area contributed by atoms with E-state index in [-0.39, 0.29) is 24.7 Å². The van der Waals surface area contributed by atoms with Crippen LogP contribution in [0.2, 0.25) is 0 Å². The van der Waals surface area contributed by atoms with Crippen LogP contribution in [0.3, 0.4) is 0 Å². The molecule has 4 atom stereocenters. The van der Waals surface area contributed by atoms with Crippen molar-refractivity contribution in [2.45, 2.75) is 69.5 Å². The van der Waals surface area contributed by atoms with Gasteiger partial charge in [-0.25, -0.2) is 0 Å². The monoisotopic (exact) mass is 507 g/mol. The van der Waals surface area contributed by atoms with Crippen molar-refractivity contribution in [3.63, 3.8) is 0 Å². The van der Waals surface area contributed by atoms with Crippen LogP contribution >= 0.6 is 0 Å². The van der Waals surface area contributed by atoms with Crippen LogP contribution < -0.4 is 16.0 Å². The van der Waals surface area contributed by atoms with Gasteiger partial charge in [-0.1, -0.05) is 0 Å². The fourth-order valence-corrected chi connectivity index (χ4v) is 4.55. The van der Waals surface area contributed by atoms with Crippen LogP contribution in [0.4, 0.5) is 13.2 Å². The van der Waals surface area contributed by atoms with Gasteiger partial charge < -0.3 is 25.4 Å². The summed E-state index contributed by atoms with van der Waals surface area (Å²) >= 11 is 0. The van der Waals surface area contributed by atoms with Crippen molar-refractivity contribution < 1.29 is 46.6 Å². The zero-order chi connectivity index (χ0) is 25.4. The van der Waals surface area contributed by atoms with Gasteiger partial charge in [-0.3, -0.25) is 23.9 Å². The fraction of sp³-hybridized carbons (Fsp3) is 0.818. The molecule has 3 saturated heterocycles. The second-order valence-corrected chi connectivity index (χ2v) is 9.13. The van der Waals surface area contributed by atoms with Crippen molar-refractivity contribution >= 4 is 23.5 Å². The molecular formula is C22H32F3N3O7. The van der Waals surface area contributed by atoms with Crippen LogP contribution in [0.15, 0.2) is 0 Å². The maximum absolute atomic E-state index is 13.2. The lowest BCUT2D eigenvalue weighted by Gasteiger charge is -2.29. The Kier molecular flexibility index (Phi) is 9.87. The van der Waals surface area contributed by atoms with Gasteiger partial charge in [0.15, 0.2) is 5.78 Å². The maximum Gasteiger partial charge on any atom is 0.522 e. The van der Waals surface area contributed by atoms with Crippen LogP contribution in [0.5, 0.6) is 0 Å². The zero-order valence-electron chi connectivity index (χ0n) is 19.4. The molecule has 3 N–H and O–H groups in total. The third-order valence-electron chi connectivity index (χ3n) is 6.53. The van der Waals surface area contributed by atoms with Gasteiger partial charge in [0.1, 0.15) is 18.8 Å². The first-order valence-electron chi connectivity index (χ1n) is 11.9. The number of halogens is 3. The van der Waals surface area contributed by atoms with Crippen molar-refractivity contribution in [1.82, 2.24) is 16.0 Å². The first kappa shape index (κ1) is 27.3. The lowest BCUT2D eigenvalue weighted by Crippen LogP contribution is -2.55. The summed E-state index contributed by atoms with van der Waals surface area (Å²) in [6.45, 7) is 0.557. The number of carbonyl (C=O) groups excluding carboxylic acids is 4. The van der Waals surface area contributed by atoms with E-state index in [1.54, 1.807) is 0 Å². The third kappa shape index (κ3) is 8.73. The minimum atomic E-state index is -5.02. The smallest absolute Gasteiger partial charge is 0.381 e. The van der Waals surface area contributed by atoms with Crippen LogP contribution in [0.1, 0.15) is 44.9 Å². The molecule has 0 aromatic rings. The summed E-state index contributed by atoms with van der Waals surface area (Å²) in [5.41, 5.74) is 0. The Labute approximate surface area is 201 Å². The Morgan fingerprint density at radius 2 is 1.77 bits per heavy atom. The minimum Gasteiger partial charge on any atom is -0.381 e. The number of alkyl halides is 3. The predicted octanol–water partition coefficient (Wildman–Crippen LogP) is 0.583. The highest BCUT2D eigenvalue weighted by molar-refractivity contribution is 5.94. The summed E-state index contributed by atoms with van der Waals surface area (Å²) < 4.78 is 51.9. The highest BCUT2D eigenvalue weighted by Gasteiger charge is 2.37. The lowest BCUT2D eigenvalue weighted by atomic mass is 9.91. The third-order valence-corrected chi connectivity index (χ3v) is 6.53. The van der Waals surface area contributed by atoms with Crippen LogP contribution in [0, 0.1) is 11.8 Å². The molecule has 3 amide bonds. The van der Waals surface area contributed by atoms with Crippen molar-refractivity contribution in [3.05, 3.63) is 0 Å². The number of amides is 3. The van der Waals surface area contributed by atoms with E-state index >= 15 is 0 Å². The van der Waals surface area contributed by atoms with Crippen molar-refractivity contribution in [3.8, 4) is 0 Å². The molecule has 10 nitrogen and oxygen atoms in total. The van der Waals surface area contributed by atoms with Gasteiger partial charge in [0.05, 0.1) is 6.04 Å². The summed E-state index contributed by atoms with van der Waals surface area (Å²) in [5.74, 6) is -3.05. The molecule has 0 radical (unpaired) electrons. The van der Waals surface area contributed by atoms with Crippen molar-refractivity contribution in [2.24, 2.45) is 11.8 Å². The van der Waals surface area contributed by atoms with E-state index in [0.717, 1.165) is 0 Å². The topological polar surface area (TPSA) is 132 Å². The van der Waals surface area contributed by atoms with E-state index in [4.69, 9.17) is 9.47 Å². The zero-order valence-corrected chi connectivity index (χ0v) is 19.4. The number of ether oxygens (including phenoxy) is 3. The molecule has 0 aromatic carbocycles. The molecule has 3 aliphatic heterocycles. The number of Topliss-reactive ketones (excluding diaryl/α,β-unsaturated/α-hetero) is 1. The molecule has 3 heterocycles. The van der Waals surface area contributed by atoms with E-state index in [0.29, 0.717) is 58.5 Å². The normalized spacial score (nSPS) is 25.1. The van der Waals surface area contributed by atoms with E-state index in [1.807, 2.05) is 0 Å². The van der Waals surface area contributed by atoms with Gasteiger partial charge in [-0.15, -0.1) is 13.2 Å². The average Bonchev–Trinajstić information content (AvgIpc) is 3.49. The largest absolute Gasteiger partial charge is 0.522 e. The number of ketones is 1. The van der Waals surface area contributed by atoms with Gasteiger partial charge in [-0.05, 0) is 50.9 Å². The predicted molar refractivity (Wildman–Crippen MR) is 114 cm³/mol. The van der Waals surface area contributed by atoms with E-state index < -0.39 is 54.7 Å². The van der Waals surface area contributed by atoms with E-state index in [2.05, 4.69) is 20.7 Å². The Morgan fingerprint density at radius 3 is 2.37 bits per heavy atom. The lowest BCUT2D eigenvalue weighted by molar-refractivity contribution is -0.321. The number of carbonyl (C=O) groups is 4. The average molecular weight is 508 g/mol. The van der Waals surface area contributed by atoms with Gasteiger partial charge in [-0.2, -0.15) is 0 Å². The molecule has 198 valence electrons. The molecule has 0 spiro atoms. The fourth-order valence-electron chi connectivity index (χ4n) is 4.55. The summed E-state index contributed by atoms with van der Waals surface area (Å²) in [4.78, 5) is 50.4. The van der Waals surface area contributed by atoms with Crippen molar-refractivity contribution in [2.75, 3.05) is 33.0 Å². The van der Waals surface area contributed by atoms with Gasteiger partial charge in [0, 0.05) is 32.3 Å². The summed E-state index contributed by atoms with van der Waals surface area (Å²) in [5, 5.41) is 7.77. The summed E-state index contributed by atoms with van der Waals surface area (Å²) in [6.07, 6.45) is -2.60. The molecule has 35 heavy (non-hydrogen) atoms. The Morgan fingerprint density at radius 1 is 1.03 bits per heavy atom. The first-order chi connectivity index (χ1) is 16.6. The molecular weight excluding hydrogens is 475 g/mol. The molecule has 0 bridgehead atoms. The first-order valence-corrected chi connectivity index (χ1v) is 11.9. The molecule has 3 aliphatic rings. The number of hydrogen-bond donors (Lipinski definition) is 3. The maximum atomic E-state index is 13.2. The molecule has 0 saturated carbocycles. The number of hydrogen-bond acceptors (Lipinski definition) is 7. The second-order valence-electron chi connectivity index (χ2n) is 9.13. The van der Waals surface area contributed by atoms with Crippen LogP contribution in [-0.4, -0.2) is 81.0 Å². The Hall–Kier alpha value is -2.25. The summed E-state index contributed by atoms with van der Waals surface area (Å²) in [7, 11) is 0. The van der Waals surface area contributed by atoms with Crippen LogP contribution in [-0.2, 0) is 33.4 Å². The number of rotatable bonds is 11. The highest BCUT2D eigenvalue weighted by Crippen LogP contribution is 2.23. The molecule has 3 rings (SSSR count). The standard InChI is InChI=1S/C22H32F3N3O7/c23-22(24,25)35-12-17(29)15(11-14-3-6-26-19(14)30)27-20(31)16(10-13-4-8-33-9-5-13)28-21(32)18-2-1-7-34-18/h13-16,18H,1-12H2,(H,26,30)(H,27,31)(H,28,32)/t14?,15?,16?,18-/m1/s1. The van der Waals surface area contributed by atoms with E-state index in [9.17, 15) is 32.3 Å². The molecule has 13 heteroatoms. The molecule has 0 aromatic heterocycles.